The van der Waals surface area contributed by atoms with Crippen molar-refractivity contribution < 1.29 is 34.8 Å². The molecule has 1 amide bonds. The van der Waals surface area contributed by atoms with E-state index in [1.807, 2.05) is 20.8 Å². The van der Waals surface area contributed by atoms with Gasteiger partial charge < -0.3 is 37.2 Å². The zero-order valence-corrected chi connectivity index (χ0v) is 20.8. The van der Waals surface area contributed by atoms with Crippen molar-refractivity contribution in [3.63, 3.8) is 0 Å². The fourth-order valence-electron chi connectivity index (χ4n) is 5.85. The number of Topliss-reactive ketones (excluding diaryl/α,β-unsaturated/α-hetero) is 2. The Hall–Kier alpha value is -3.57. The fourth-order valence-corrected chi connectivity index (χ4v) is 5.85. The van der Waals surface area contributed by atoms with Gasteiger partial charge in [0.1, 0.15) is 22.8 Å². The van der Waals surface area contributed by atoms with Gasteiger partial charge in [0.25, 0.3) is 5.91 Å². The number of benzene rings is 1. The largest absolute Gasteiger partial charge is 0.508 e. The number of amides is 1. The Kier molecular flexibility index (Phi) is 5.65. The van der Waals surface area contributed by atoms with E-state index in [0.29, 0.717) is 11.3 Å². The van der Waals surface area contributed by atoms with Crippen molar-refractivity contribution in [3.8, 4) is 5.75 Å². The number of aromatic hydroxyl groups is 1. The first-order valence-corrected chi connectivity index (χ1v) is 11.6. The molecule has 1 saturated carbocycles. The van der Waals surface area contributed by atoms with Gasteiger partial charge in [-0.3, -0.25) is 19.3 Å². The fraction of sp³-hybridized carbons (Fsp3) is 0.480. The molecule has 194 valence electrons. The number of phenolic OH excluding ortho intramolecular Hbond substituents is 1. The van der Waals surface area contributed by atoms with Gasteiger partial charge in [-0.25, -0.2) is 0 Å². The maximum atomic E-state index is 13.8. The van der Waals surface area contributed by atoms with Gasteiger partial charge in [0.2, 0.25) is 5.78 Å². The molecule has 0 heterocycles. The minimum Gasteiger partial charge on any atom is -0.508 e. The number of nitrogens with two attached hydrogens (primary N) is 2. The molecule has 11 nitrogen and oxygen atoms in total. The van der Waals surface area contributed by atoms with E-state index >= 15 is 0 Å². The molecule has 9 N–H and O–H groups in total. The highest BCUT2D eigenvalue weighted by Gasteiger charge is 2.64. The van der Waals surface area contributed by atoms with Crippen LogP contribution in [-0.4, -0.2) is 74.1 Å². The molecular weight excluding hydrogens is 468 g/mol. The molecule has 2 unspecified atom stereocenters. The average molecular weight is 501 g/mol. The molecule has 0 radical (unpaired) electrons. The molecule has 11 heteroatoms. The van der Waals surface area contributed by atoms with Crippen LogP contribution in [0.25, 0.3) is 5.76 Å². The molecule has 1 fully saturated rings. The minimum atomic E-state index is -2.67. The monoisotopic (exact) mass is 500 g/mol. The third kappa shape index (κ3) is 3.45. The highest BCUT2D eigenvalue weighted by atomic mass is 16.3. The van der Waals surface area contributed by atoms with Crippen molar-refractivity contribution in [2.75, 3.05) is 25.1 Å². The predicted molar refractivity (Wildman–Crippen MR) is 132 cm³/mol. The van der Waals surface area contributed by atoms with Crippen LogP contribution in [0.3, 0.4) is 0 Å². The lowest BCUT2D eigenvalue weighted by Crippen LogP contribution is -2.65. The normalized spacial score (nSPS) is 28.1. The van der Waals surface area contributed by atoms with Crippen LogP contribution in [0.2, 0.25) is 0 Å². The lowest BCUT2D eigenvalue weighted by molar-refractivity contribution is -0.153. The molecule has 0 aromatic heterocycles. The maximum Gasteiger partial charge on any atom is 0.255 e. The van der Waals surface area contributed by atoms with E-state index in [1.165, 1.54) is 4.90 Å². The van der Waals surface area contributed by atoms with Crippen LogP contribution < -0.4 is 16.8 Å². The van der Waals surface area contributed by atoms with Gasteiger partial charge in [0, 0.05) is 22.7 Å². The number of ketones is 2. The number of carbonyl (C=O) groups is 3. The lowest BCUT2D eigenvalue weighted by Gasteiger charge is -2.50. The van der Waals surface area contributed by atoms with E-state index in [9.17, 15) is 34.8 Å². The zero-order valence-electron chi connectivity index (χ0n) is 20.8. The number of aliphatic hydroxyl groups excluding tert-OH is 2. The van der Waals surface area contributed by atoms with Gasteiger partial charge >= 0.3 is 0 Å². The number of hydrogen-bond acceptors (Lipinski definition) is 10. The molecule has 0 aliphatic heterocycles. The van der Waals surface area contributed by atoms with Crippen LogP contribution in [0.15, 0.2) is 23.0 Å². The highest BCUT2D eigenvalue weighted by molar-refractivity contribution is 6.24. The Morgan fingerprint density at radius 1 is 1.19 bits per heavy atom. The lowest BCUT2D eigenvalue weighted by atomic mass is 9.57. The van der Waals surface area contributed by atoms with Gasteiger partial charge in [0.05, 0.1) is 17.3 Å². The van der Waals surface area contributed by atoms with Crippen LogP contribution >= 0.6 is 0 Å². The first-order valence-electron chi connectivity index (χ1n) is 11.6. The number of nitrogens with one attached hydrogen (secondary N) is 1. The van der Waals surface area contributed by atoms with E-state index in [1.54, 1.807) is 20.2 Å². The second-order valence-corrected chi connectivity index (χ2v) is 11.1. The second kappa shape index (κ2) is 7.97. The summed E-state index contributed by atoms with van der Waals surface area (Å²) in [6.07, 6.45) is 0.201. The second-order valence-electron chi connectivity index (χ2n) is 11.1. The molecule has 0 saturated heterocycles. The molecule has 0 bridgehead atoms. The van der Waals surface area contributed by atoms with Crippen molar-refractivity contribution >= 4 is 34.6 Å². The smallest absolute Gasteiger partial charge is 0.255 e. The Labute approximate surface area is 208 Å². The molecule has 1 aromatic carbocycles. The van der Waals surface area contributed by atoms with E-state index in [2.05, 4.69) is 5.32 Å². The summed E-state index contributed by atoms with van der Waals surface area (Å²) in [6, 6.07) is 0.425. The number of carbonyl (C=O) groups excluding carboxylic acids is 3. The summed E-state index contributed by atoms with van der Waals surface area (Å²) >= 11 is 0. The van der Waals surface area contributed by atoms with Crippen molar-refractivity contribution in [1.29, 1.82) is 0 Å². The van der Waals surface area contributed by atoms with Crippen molar-refractivity contribution in [2.45, 2.75) is 50.8 Å². The summed E-state index contributed by atoms with van der Waals surface area (Å²) in [5.41, 5.74) is 8.22. The first-order chi connectivity index (χ1) is 16.5. The first kappa shape index (κ1) is 25.5. The maximum absolute atomic E-state index is 13.8. The zero-order chi connectivity index (χ0) is 27.1. The van der Waals surface area contributed by atoms with Crippen LogP contribution in [-0.2, 0) is 20.8 Å². The molecule has 36 heavy (non-hydrogen) atoms. The molecule has 3 aliphatic carbocycles. The number of fused-ring (bicyclic) bond motifs is 3. The quantitative estimate of drug-likeness (QED) is 0.134. The van der Waals surface area contributed by atoms with Crippen LogP contribution in [0.5, 0.6) is 5.75 Å². The molecule has 1 aromatic rings. The summed E-state index contributed by atoms with van der Waals surface area (Å²) in [7, 11) is 3.11. The number of nitrogens with zero attached hydrogens (tertiary/aromatic N) is 1. The van der Waals surface area contributed by atoms with Gasteiger partial charge in [-0.15, -0.1) is 0 Å². The third-order valence-electron chi connectivity index (χ3n) is 7.26. The van der Waals surface area contributed by atoms with Gasteiger partial charge in [-0.1, -0.05) is 0 Å². The Balaban J connectivity index is 1.98. The van der Waals surface area contributed by atoms with E-state index in [4.69, 9.17) is 11.5 Å². The summed E-state index contributed by atoms with van der Waals surface area (Å²) in [5.74, 6) is -7.03. The van der Waals surface area contributed by atoms with Crippen LogP contribution in [0.4, 0.5) is 11.4 Å². The number of primary amides is 1. The Morgan fingerprint density at radius 3 is 2.33 bits per heavy atom. The predicted octanol–water partition coefficient (Wildman–Crippen LogP) is 0.757. The van der Waals surface area contributed by atoms with Crippen LogP contribution in [0, 0.1) is 11.8 Å². The number of likely N-dealkylation sites (N-methyl/N-ethyl adjacent to an activating group) is 1. The van der Waals surface area contributed by atoms with Crippen molar-refractivity contribution in [1.82, 2.24) is 4.90 Å². The molecule has 3 aliphatic rings. The molecule has 4 rings (SSSR count). The molecule has 0 spiro atoms. The third-order valence-corrected chi connectivity index (χ3v) is 7.26. The van der Waals surface area contributed by atoms with Crippen molar-refractivity contribution in [3.05, 3.63) is 34.1 Å². The number of rotatable bonds is 3. The summed E-state index contributed by atoms with van der Waals surface area (Å²) in [4.78, 5) is 40.5. The van der Waals surface area contributed by atoms with E-state index < -0.39 is 69.3 Å². The molecular formula is C25H32N4O7. The summed E-state index contributed by atoms with van der Waals surface area (Å²) < 4.78 is 0. The standard InChI is InChI=1S/C25H32N4O7/c1-24(2,3)28-13-8-12(26)18(30)15-10(13)6-9-7-11-17(29(4)5)20(32)16(23(27)35)22(34)25(11,36)21(33)14(9)19(15)31/h8-9,11,17,28,30-31,34,36H,6-7,26H2,1-5H3,(H2,27,35)/t9?,11?,17-,25-/m0/s1. The summed E-state index contributed by atoms with van der Waals surface area (Å²) in [6.45, 7) is 5.78. The van der Waals surface area contributed by atoms with Gasteiger partial charge in [-0.2, -0.15) is 0 Å². The average Bonchev–Trinajstić information content (AvgIpc) is 2.72. The topological polar surface area (TPSA) is 199 Å². The molecule has 4 atom stereocenters. The summed E-state index contributed by atoms with van der Waals surface area (Å²) in [5, 5.41) is 47.8. The van der Waals surface area contributed by atoms with Crippen LogP contribution in [0.1, 0.15) is 38.3 Å². The van der Waals surface area contributed by atoms with Crippen molar-refractivity contribution in [2.24, 2.45) is 17.6 Å². The number of anilines is 2. The van der Waals surface area contributed by atoms with Gasteiger partial charge in [0.15, 0.2) is 11.4 Å². The van der Waals surface area contributed by atoms with E-state index in [-0.39, 0.29) is 29.7 Å². The number of aliphatic hydroxyl groups is 3. The number of nitrogen functional groups attached to an aromatic ring is 1. The minimum absolute atomic E-state index is 0.0197. The SMILES string of the molecule is CN(C)[C@@H]1C(=O)C(C(N)=O)=C(O)[C@@]2(O)C(=O)C3=C(O)c4c(O)c(N)cc(NC(C)(C)C)c4CC3CC12. The van der Waals surface area contributed by atoms with Gasteiger partial charge in [-0.05, 0) is 65.3 Å². The number of phenols is 1. The Bertz CT molecular complexity index is 1270. The number of hydrogen-bond donors (Lipinski definition) is 7. The highest BCUT2D eigenvalue weighted by Crippen LogP contribution is 2.54. The van der Waals surface area contributed by atoms with E-state index in [0.717, 1.165) is 0 Å². The Morgan fingerprint density at radius 2 is 1.81 bits per heavy atom.